The van der Waals surface area contributed by atoms with Crippen LogP contribution in [-0.4, -0.2) is 38.9 Å². The Morgan fingerprint density at radius 3 is 2.41 bits per heavy atom. The zero-order valence-electron chi connectivity index (χ0n) is 14.9. The van der Waals surface area contributed by atoms with E-state index >= 15 is 0 Å². The number of para-hydroxylation sites is 1. The van der Waals surface area contributed by atoms with Crippen LogP contribution < -0.4 is 5.32 Å². The lowest BCUT2D eigenvalue weighted by molar-refractivity contribution is -0.147. The molecule has 0 aliphatic heterocycles. The molecule has 144 valence electrons. The monoisotopic (exact) mass is 409 g/mol. The van der Waals surface area contributed by atoms with Crippen molar-refractivity contribution >= 4 is 44.5 Å². The second-order valence-electron chi connectivity index (χ2n) is 5.81. The SMILES string of the molecule is Cc1ccc(C(=O)CCC(=O)OCC(=O)Nc2ccccc2S(C)(=O)=O)s1. The van der Waals surface area contributed by atoms with E-state index in [-0.39, 0.29) is 29.2 Å². The summed E-state index contributed by atoms with van der Waals surface area (Å²) in [6.07, 6.45) is 0.893. The zero-order chi connectivity index (χ0) is 20.0. The predicted molar refractivity (Wildman–Crippen MR) is 102 cm³/mol. The summed E-state index contributed by atoms with van der Waals surface area (Å²) in [6.45, 7) is 1.32. The molecule has 0 spiro atoms. The zero-order valence-corrected chi connectivity index (χ0v) is 16.5. The van der Waals surface area contributed by atoms with Crippen molar-refractivity contribution in [3.8, 4) is 0 Å². The number of ketones is 1. The molecule has 0 aliphatic rings. The van der Waals surface area contributed by atoms with Crippen molar-refractivity contribution in [3.05, 3.63) is 46.2 Å². The fourth-order valence-corrected chi connectivity index (χ4v) is 3.90. The number of amides is 1. The van der Waals surface area contributed by atoms with Gasteiger partial charge in [0.15, 0.2) is 22.2 Å². The number of carbonyl (C=O) groups is 3. The van der Waals surface area contributed by atoms with Gasteiger partial charge < -0.3 is 10.1 Å². The molecule has 0 aliphatic carbocycles. The Balaban J connectivity index is 1.82. The molecule has 7 nitrogen and oxygen atoms in total. The van der Waals surface area contributed by atoms with Crippen LogP contribution in [0.1, 0.15) is 27.4 Å². The lowest BCUT2D eigenvalue weighted by Gasteiger charge is -2.10. The Hall–Kier alpha value is -2.52. The van der Waals surface area contributed by atoms with Crippen LogP contribution >= 0.6 is 11.3 Å². The topological polar surface area (TPSA) is 107 Å². The number of aryl methyl sites for hydroxylation is 1. The molecular formula is C18H19NO6S2. The van der Waals surface area contributed by atoms with Crippen LogP contribution in [0.5, 0.6) is 0 Å². The lowest BCUT2D eigenvalue weighted by atomic mass is 10.2. The summed E-state index contributed by atoms with van der Waals surface area (Å²) in [4.78, 5) is 37.1. The van der Waals surface area contributed by atoms with E-state index in [1.54, 1.807) is 12.1 Å². The van der Waals surface area contributed by atoms with Gasteiger partial charge in [-0.05, 0) is 31.2 Å². The van der Waals surface area contributed by atoms with E-state index in [1.165, 1.54) is 29.5 Å². The molecule has 1 N–H and O–H groups in total. The van der Waals surface area contributed by atoms with E-state index in [2.05, 4.69) is 5.32 Å². The summed E-state index contributed by atoms with van der Waals surface area (Å²) in [5.74, 6) is -1.50. The molecule has 0 fully saturated rings. The summed E-state index contributed by atoms with van der Waals surface area (Å²) in [7, 11) is -3.51. The van der Waals surface area contributed by atoms with Crippen LogP contribution in [0.2, 0.25) is 0 Å². The normalized spacial score (nSPS) is 11.0. The molecule has 1 aromatic heterocycles. The molecule has 1 amide bonds. The van der Waals surface area contributed by atoms with Crippen LogP contribution in [0.15, 0.2) is 41.3 Å². The minimum absolute atomic E-state index is 0.00266. The Kier molecular flexibility index (Phi) is 6.86. The summed E-state index contributed by atoms with van der Waals surface area (Å²) in [5, 5.41) is 2.41. The number of hydrogen-bond donors (Lipinski definition) is 1. The first-order valence-electron chi connectivity index (χ1n) is 8.01. The fraction of sp³-hybridized carbons (Fsp3) is 0.278. The van der Waals surface area contributed by atoms with E-state index < -0.39 is 28.3 Å². The first-order chi connectivity index (χ1) is 12.7. The number of hydrogen-bond acceptors (Lipinski definition) is 7. The second kappa shape index (κ2) is 8.92. The third-order valence-corrected chi connectivity index (χ3v) is 5.69. The van der Waals surface area contributed by atoms with Crippen molar-refractivity contribution in [1.82, 2.24) is 0 Å². The average Bonchev–Trinajstić information content (AvgIpc) is 3.04. The predicted octanol–water partition coefficient (Wildman–Crippen LogP) is 2.60. The first kappa shape index (κ1) is 20.8. The molecule has 0 unspecified atom stereocenters. The largest absolute Gasteiger partial charge is 0.456 e. The van der Waals surface area contributed by atoms with Gasteiger partial charge in [-0.2, -0.15) is 0 Å². The molecule has 0 saturated carbocycles. The Labute approximate surface area is 161 Å². The number of nitrogens with one attached hydrogen (secondary N) is 1. The molecule has 0 saturated heterocycles. The fourth-order valence-electron chi connectivity index (χ4n) is 2.22. The number of benzene rings is 1. The number of sulfone groups is 1. The van der Waals surface area contributed by atoms with Crippen molar-refractivity contribution in [1.29, 1.82) is 0 Å². The molecule has 0 radical (unpaired) electrons. The van der Waals surface area contributed by atoms with Crippen molar-refractivity contribution in [3.63, 3.8) is 0 Å². The number of anilines is 1. The van der Waals surface area contributed by atoms with Crippen molar-refractivity contribution < 1.29 is 27.5 Å². The van der Waals surface area contributed by atoms with E-state index in [9.17, 15) is 22.8 Å². The molecule has 27 heavy (non-hydrogen) atoms. The Morgan fingerprint density at radius 2 is 1.78 bits per heavy atom. The molecule has 1 aromatic carbocycles. The van der Waals surface area contributed by atoms with E-state index in [0.29, 0.717) is 4.88 Å². The highest BCUT2D eigenvalue weighted by Crippen LogP contribution is 2.20. The van der Waals surface area contributed by atoms with E-state index in [1.807, 2.05) is 13.0 Å². The van der Waals surface area contributed by atoms with Crippen molar-refractivity contribution in [2.24, 2.45) is 0 Å². The molecule has 2 rings (SSSR count). The van der Waals surface area contributed by atoms with Gasteiger partial charge >= 0.3 is 5.97 Å². The van der Waals surface area contributed by atoms with Gasteiger partial charge in [0.2, 0.25) is 0 Å². The van der Waals surface area contributed by atoms with Gasteiger partial charge in [0.1, 0.15) is 0 Å². The second-order valence-corrected chi connectivity index (χ2v) is 9.08. The third kappa shape index (κ3) is 6.30. The van der Waals surface area contributed by atoms with E-state index in [0.717, 1.165) is 11.1 Å². The molecule has 0 bridgehead atoms. The smallest absolute Gasteiger partial charge is 0.306 e. The minimum Gasteiger partial charge on any atom is -0.456 e. The molecule has 9 heteroatoms. The quantitative estimate of drug-likeness (QED) is 0.531. The number of rotatable bonds is 8. The summed E-state index contributed by atoms with van der Waals surface area (Å²) >= 11 is 1.36. The highest BCUT2D eigenvalue weighted by molar-refractivity contribution is 7.90. The minimum atomic E-state index is -3.51. The molecule has 2 aromatic rings. The van der Waals surface area contributed by atoms with Crippen LogP contribution in [-0.2, 0) is 24.2 Å². The molecule has 0 atom stereocenters. The highest BCUT2D eigenvalue weighted by atomic mass is 32.2. The maximum absolute atomic E-state index is 11.9. The average molecular weight is 409 g/mol. The standard InChI is InChI=1S/C18H19NO6S2/c1-12-7-9-15(26-12)14(20)8-10-18(22)25-11-17(21)19-13-5-3-4-6-16(13)27(2,23)24/h3-7,9H,8,10-11H2,1-2H3,(H,19,21). The van der Waals surface area contributed by atoms with Crippen LogP contribution in [0.3, 0.4) is 0 Å². The number of esters is 1. The van der Waals surface area contributed by atoms with Gasteiger partial charge in [-0.3, -0.25) is 14.4 Å². The van der Waals surface area contributed by atoms with Gasteiger partial charge in [0.05, 0.1) is 21.9 Å². The summed E-state index contributed by atoms with van der Waals surface area (Å²) in [6, 6.07) is 9.47. The van der Waals surface area contributed by atoms with Gasteiger partial charge in [0, 0.05) is 17.6 Å². The maximum atomic E-state index is 11.9. The number of carbonyl (C=O) groups excluding carboxylic acids is 3. The van der Waals surface area contributed by atoms with Crippen LogP contribution in [0, 0.1) is 6.92 Å². The number of thiophene rings is 1. The van der Waals surface area contributed by atoms with Gasteiger partial charge in [-0.25, -0.2) is 8.42 Å². The van der Waals surface area contributed by atoms with Crippen molar-refractivity contribution in [2.75, 3.05) is 18.2 Å². The Morgan fingerprint density at radius 1 is 1.07 bits per heavy atom. The maximum Gasteiger partial charge on any atom is 0.306 e. The van der Waals surface area contributed by atoms with E-state index in [4.69, 9.17) is 4.74 Å². The first-order valence-corrected chi connectivity index (χ1v) is 10.7. The molecule has 1 heterocycles. The van der Waals surface area contributed by atoms with Gasteiger partial charge in [-0.15, -0.1) is 11.3 Å². The third-order valence-electron chi connectivity index (χ3n) is 3.50. The lowest BCUT2D eigenvalue weighted by Crippen LogP contribution is -2.22. The van der Waals surface area contributed by atoms with Gasteiger partial charge in [-0.1, -0.05) is 12.1 Å². The summed E-state index contributed by atoms with van der Waals surface area (Å²) < 4.78 is 28.2. The van der Waals surface area contributed by atoms with Crippen LogP contribution in [0.25, 0.3) is 0 Å². The molecular weight excluding hydrogens is 390 g/mol. The Bertz CT molecular complexity index is 962. The highest BCUT2D eigenvalue weighted by Gasteiger charge is 2.16. The van der Waals surface area contributed by atoms with Gasteiger partial charge in [0.25, 0.3) is 5.91 Å². The van der Waals surface area contributed by atoms with Crippen LogP contribution in [0.4, 0.5) is 5.69 Å². The number of ether oxygens (including phenoxy) is 1. The summed E-state index contributed by atoms with van der Waals surface area (Å²) in [5.41, 5.74) is 0.115. The van der Waals surface area contributed by atoms with Crippen molar-refractivity contribution in [2.45, 2.75) is 24.7 Å². The number of Topliss-reactive ketones (excluding diaryl/α,β-unsaturated/α-hetero) is 1.